The molecule has 114 heavy (non-hydrogen) atoms. The van der Waals surface area contributed by atoms with Gasteiger partial charge in [0.1, 0.15) is 72.6 Å². The number of rotatable bonds is 36. The molecule has 1 aliphatic rings. The van der Waals surface area contributed by atoms with Gasteiger partial charge in [0, 0.05) is 56.9 Å². The number of carboxylic acid groups (broad SMARTS) is 4. The molecule has 1 saturated heterocycles. The van der Waals surface area contributed by atoms with Gasteiger partial charge in [0.05, 0.1) is 32.4 Å². The molecular formula is C71H107N17O26. The number of cyclic esters (lactones) is 1. The number of nitrogens with zero attached hydrogens (tertiary/aromatic N) is 1. The van der Waals surface area contributed by atoms with Crippen molar-refractivity contribution in [2.45, 2.75) is 229 Å². The summed E-state index contributed by atoms with van der Waals surface area (Å²) in [6.45, 7) is 6.57. The summed E-state index contributed by atoms with van der Waals surface area (Å²) < 4.78 is 10.7. The molecule has 15 amide bonds. The Hall–Kier alpha value is -11.9. The first-order valence-electron chi connectivity index (χ1n) is 36.8. The number of carbonyl (C=O) groups excluding carboxylic acids is 16. The van der Waals surface area contributed by atoms with Crippen molar-refractivity contribution in [1.82, 2.24) is 73.7 Å². The molecule has 632 valence electrons. The van der Waals surface area contributed by atoms with E-state index < -0.39 is 261 Å². The molecule has 43 nitrogen and oxygen atoms in total. The lowest BCUT2D eigenvalue weighted by molar-refractivity contribution is -0.159. The number of amides is 15. The molecule has 1 aliphatic heterocycles. The van der Waals surface area contributed by atoms with Crippen LogP contribution in [0.3, 0.4) is 0 Å². The number of primary amides is 2. The molecule has 0 bridgehead atoms. The summed E-state index contributed by atoms with van der Waals surface area (Å²) in [5, 5.41) is 67.0. The average molecular weight is 1610 g/mol. The highest BCUT2D eigenvalue weighted by molar-refractivity contribution is 6.02. The molecule has 43 heteroatoms. The van der Waals surface area contributed by atoms with Crippen molar-refractivity contribution in [2.24, 2.45) is 29.0 Å². The molecule has 1 aromatic carbocycles. The van der Waals surface area contributed by atoms with Gasteiger partial charge >= 0.3 is 29.8 Å². The van der Waals surface area contributed by atoms with E-state index in [4.69, 9.17) is 26.7 Å². The highest BCUT2D eigenvalue weighted by atomic mass is 16.5. The SMILES string of the molecule is COC(C(=O)O)C1NC(=O)C(CCCCN)NC(=O)C(CC(=O)O)NC(=O)C(C)NC(=O)CN(C)C(=O)C(NC(=O)C(CC(N)=O)NC(=O)C(CCC(=O)O)NC(=O)C(Cc2c[nH]c3ccccc23)NC(=O)CCCCCCC(C)C)C(C)OC(=O)C(C(C)C)NC(=O)C(CCC(=O)O)NC(=O)C(CC(N)=O)NC(=O)CNC1=O. The van der Waals surface area contributed by atoms with E-state index in [-0.39, 0.29) is 38.6 Å². The number of aromatic nitrogens is 1. The van der Waals surface area contributed by atoms with E-state index in [1.54, 1.807) is 30.5 Å². The number of carboxylic acids is 4. The Balaban J connectivity index is 2.24. The van der Waals surface area contributed by atoms with Crippen molar-refractivity contribution in [1.29, 1.82) is 0 Å². The molecule has 2 aromatic rings. The Kier molecular flexibility index (Phi) is 40.6. The van der Waals surface area contributed by atoms with Crippen LogP contribution >= 0.6 is 0 Å². The molecule has 1 fully saturated rings. The van der Waals surface area contributed by atoms with Gasteiger partial charge in [-0.05, 0) is 82.4 Å². The Morgan fingerprint density at radius 1 is 0.588 bits per heavy atom. The number of benzene rings is 1. The number of hydrogen-bond donors (Lipinski definition) is 20. The number of carbonyl (C=O) groups is 20. The van der Waals surface area contributed by atoms with Crippen LogP contribution in [-0.4, -0.2) is 261 Å². The highest BCUT2D eigenvalue weighted by Crippen LogP contribution is 2.21. The fourth-order valence-corrected chi connectivity index (χ4v) is 11.6. The summed E-state index contributed by atoms with van der Waals surface area (Å²) in [5.74, 6) is -27.8. The third-order valence-electron chi connectivity index (χ3n) is 17.8. The van der Waals surface area contributed by atoms with Crippen LogP contribution in [0.1, 0.15) is 150 Å². The summed E-state index contributed by atoms with van der Waals surface area (Å²) >= 11 is 0. The molecule has 13 atom stereocenters. The minimum Gasteiger partial charge on any atom is -0.481 e. The van der Waals surface area contributed by atoms with Gasteiger partial charge in [0.2, 0.25) is 88.6 Å². The zero-order valence-electron chi connectivity index (χ0n) is 64.6. The van der Waals surface area contributed by atoms with Crippen LogP contribution in [0.4, 0.5) is 0 Å². The van der Waals surface area contributed by atoms with Gasteiger partial charge in [-0.1, -0.05) is 71.6 Å². The maximum atomic E-state index is 14.9. The molecule has 2 heterocycles. The molecule has 1 aromatic heterocycles. The minimum absolute atomic E-state index is 0.00191. The van der Waals surface area contributed by atoms with E-state index >= 15 is 0 Å². The van der Waals surface area contributed by atoms with E-state index in [2.05, 4.69) is 77.3 Å². The second kappa shape index (κ2) is 48.1. The molecule has 23 N–H and O–H groups in total. The van der Waals surface area contributed by atoms with Crippen LogP contribution in [0, 0.1) is 11.8 Å². The predicted molar refractivity (Wildman–Crippen MR) is 397 cm³/mol. The summed E-state index contributed by atoms with van der Waals surface area (Å²) in [4.78, 5) is 276. The molecule has 13 unspecified atom stereocenters. The van der Waals surface area contributed by atoms with Crippen molar-refractivity contribution in [3.05, 3.63) is 36.0 Å². The van der Waals surface area contributed by atoms with Crippen LogP contribution in [0.5, 0.6) is 0 Å². The lowest BCUT2D eigenvalue weighted by atomic mass is 10.0. The van der Waals surface area contributed by atoms with Crippen molar-refractivity contribution >= 4 is 129 Å². The van der Waals surface area contributed by atoms with E-state index in [0.717, 1.165) is 47.3 Å². The first-order chi connectivity index (χ1) is 53.6. The standard InChI is InChI=1S/C71H107N17O26/c1-34(2)17-11-9-10-12-21-50(91)78-44(27-38-31-75-40-19-14-13-18-39(38)40)64(104)81-42(22-24-53(94)95)61(101)84-46(29-49(74)90)67(107)86-57-37(6)114-71(112)56(35(3)4)85-63(103)43(23-25-54(96)97)82-65(105)45(28-48(73)89)79-51(92)32-76-68(108)58(59(113-8)70(110)111)87-62(102)41(20-15-16-26-72)80-66(106)47(30-55(98)99)83-60(100)36(5)77-52(93)33-88(7)69(57)109/h13-14,18-19,31,34-37,41-47,56-59,75H,9-12,15-17,20-30,32-33,72H2,1-8H3,(H2,73,89)(H2,74,90)(H,76,108)(H,77,93)(H,78,91)(H,79,92)(H,80,106)(H,81,104)(H,82,105)(H,83,100)(H,84,101)(H,85,103)(H,86,107)(H,87,102)(H,94,95)(H,96,97)(H,98,99)(H,110,111). The quantitative estimate of drug-likeness (QED) is 0.0223. The second-order valence-corrected chi connectivity index (χ2v) is 28.1. The molecule has 3 rings (SSSR count). The number of ether oxygens (including phenoxy) is 2. The maximum Gasteiger partial charge on any atom is 0.335 e. The lowest BCUT2D eigenvalue weighted by Gasteiger charge is -2.32. The Bertz CT molecular complexity index is 3790. The van der Waals surface area contributed by atoms with Gasteiger partial charge in [0.15, 0.2) is 6.10 Å². The van der Waals surface area contributed by atoms with Crippen LogP contribution < -0.4 is 81.0 Å². The number of likely N-dealkylation sites (N-methyl/N-ethyl adjacent to an activating group) is 1. The van der Waals surface area contributed by atoms with Crippen molar-refractivity contribution < 1.29 is 126 Å². The second-order valence-electron chi connectivity index (χ2n) is 28.1. The van der Waals surface area contributed by atoms with Gasteiger partial charge in [-0.2, -0.15) is 0 Å². The number of nitrogens with one attached hydrogen (secondary N) is 13. The van der Waals surface area contributed by atoms with E-state index in [1.807, 2.05) is 5.32 Å². The fourth-order valence-electron chi connectivity index (χ4n) is 11.6. The van der Waals surface area contributed by atoms with Crippen LogP contribution in [-0.2, 0) is 112 Å². The number of esters is 1. The fraction of sp³-hybridized carbons (Fsp3) is 0.606. The first-order valence-corrected chi connectivity index (χ1v) is 36.8. The molecular weight excluding hydrogens is 1510 g/mol. The lowest BCUT2D eigenvalue weighted by Crippen LogP contribution is -2.62. The minimum atomic E-state index is -2.30. The number of fused-ring (bicyclic) bond motifs is 1. The Labute approximate surface area is 654 Å². The van der Waals surface area contributed by atoms with E-state index in [0.29, 0.717) is 40.1 Å². The highest BCUT2D eigenvalue weighted by Gasteiger charge is 2.42. The first kappa shape index (κ1) is 96.3. The van der Waals surface area contributed by atoms with Gasteiger partial charge in [0.25, 0.3) is 0 Å². The monoisotopic (exact) mass is 1610 g/mol. The van der Waals surface area contributed by atoms with Gasteiger partial charge < -0.3 is 121 Å². The zero-order chi connectivity index (χ0) is 85.8. The van der Waals surface area contributed by atoms with Crippen molar-refractivity contribution in [3.8, 4) is 0 Å². The largest absolute Gasteiger partial charge is 0.481 e. The molecule has 0 radical (unpaired) electrons. The summed E-state index contributed by atoms with van der Waals surface area (Å²) in [6, 6.07) is -14.7. The number of methoxy groups -OCH3 is 1. The van der Waals surface area contributed by atoms with Crippen LogP contribution in [0.25, 0.3) is 10.9 Å². The zero-order valence-corrected chi connectivity index (χ0v) is 64.6. The van der Waals surface area contributed by atoms with Crippen molar-refractivity contribution in [2.75, 3.05) is 33.8 Å². The summed E-state index contributed by atoms with van der Waals surface area (Å²) in [5.41, 5.74) is 17.9. The van der Waals surface area contributed by atoms with Crippen LogP contribution in [0.2, 0.25) is 0 Å². The van der Waals surface area contributed by atoms with E-state index in [1.165, 1.54) is 13.8 Å². The number of para-hydroxylation sites is 1. The molecule has 0 aliphatic carbocycles. The normalized spacial score (nSPS) is 21.5. The van der Waals surface area contributed by atoms with Gasteiger partial charge in [-0.3, -0.25) is 86.3 Å². The van der Waals surface area contributed by atoms with E-state index in [9.17, 15) is 116 Å². The number of aromatic amines is 1. The van der Waals surface area contributed by atoms with Gasteiger partial charge in [-0.25, -0.2) is 9.59 Å². The predicted octanol–water partition coefficient (Wildman–Crippen LogP) is -5.58. The van der Waals surface area contributed by atoms with Crippen LogP contribution in [0.15, 0.2) is 30.5 Å². The number of nitrogens with two attached hydrogens (primary N) is 3. The maximum absolute atomic E-state index is 14.9. The average Bonchev–Trinajstić information content (AvgIpc) is 1.78. The third kappa shape index (κ3) is 33.6. The molecule has 0 saturated carbocycles. The number of unbranched alkanes of at least 4 members (excludes halogenated alkanes) is 4. The Morgan fingerprint density at radius 2 is 1.17 bits per heavy atom. The number of H-pyrrole nitrogens is 1. The third-order valence-corrected chi connectivity index (χ3v) is 17.8. The summed E-state index contributed by atoms with van der Waals surface area (Å²) in [6.07, 6.45) is -5.71. The number of aliphatic carboxylic acids is 4. The smallest absolute Gasteiger partial charge is 0.335 e. The summed E-state index contributed by atoms with van der Waals surface area (Å²) in [7, 11) is 1.74. The molecule has 0 spiro atoms. The number of hydrogen-bond acceptors (Lipinski definition) is 23. The Morgan fingerprint density at radius 3 is 1.75 bits per heavy atom. The van der Waals surface area contributed by atoms with Crippen molar-refractivity contribution in [3.63, 3.8) is 0 Å². The topological polar surface area (TPSA) is 682 Å². The van der Waals surface area contributed by atoms with Gasteiger partial charge in [-0.15, -0.1) is 0 Å².